The Morgan fingerprint density at radius 2 is 1.93 bits per heavy atom. The van der Waals surface area contributed by atoms with Crippen molar-refractivity contribution in [3.05, 3.63) is 35.0 Å². The maximum Gasteiger partial charge on any atom is 0.220 e. The third kappa shape index (κ3) is 7.35. The van der Waals surface area contributed by atoms with Crippen LogP contribution in [-0.2, 0) is 4.79 Å². The Morgan fingerprint density at radius 3 is 2.59 bits per heavy atom. The van der Waals surface area contributed by atoms with E-state index in [2.05, 4.69) is 51.1 Å². The Kier molecular flexibility index (Phi) is 9.51. The number of hydrogen-bond donors (Lipinski definition) is 3. The molecule has 0 aliphatic carbocycles. The summed E-state index contributed by atoms with van der Waals surface area (Å²) in [5.74, 6) is 0.857. The highest BCUT2D eigenvalue weighted by Gasteiger charge is 2.21. The number of H-pyrrole nitrogens is 1. The average Bonchev–Trinajstić information content (AvgIpc) is 3.07. The van der Waals surface area contributed by atoms with E-state index < -0.39 is 0 Å². The molecule has 1 aromatic carbocycles. The number of hydrogen-bond acceptors (Lipinski definition) is 1. The molecule has 0 unspecified atom stereocenters. The summed E-state index contributed by atoms with van der Waals surface area (Å²) in [7, 11) is 0. The smallest absolute Gasteiger partial charge is 0.220 e. The third-order valence-electron chi connectivity index (χ3n) is 5.88. The van der Waals surface area contributed by atoms with Crippen molar-refractivity contribution in [2.75, 3.05) is 19.6 Å². The van der Waals surface area contributed by atoms with Gasteiger partial charge in [-0.05, 0) is 75.6 Å². The van der Waals surface area contributed by atoms with Gasteiger partial charge in [0.1, 0.15) is 0 Å². The molecular formula is C24H39ClN3O+. The molecule has 162 valence electrons. The number of quaternary nitrogens is 1. The molecule has 0 saturated heterocycles. The summed E-state index contributed by atoms with van der Waals surface area (Å²) in [6.45, 7) is 14.5. The van der Waals surface area contributed by atoms with Crippen LogP contribution in [0.3, 0.4) is 0 Å². The number of aromatic nitrogens is 1. The Bertz CT molecular complexity index is 767. The molecule has 4 nitrogen and oxygen atoms in total. The topological polar surface area (TPSA) is 49.3 Å². The summed E-state index contributed by atoms with van der Waals surface area (Å²) < 4.78 is 0. The summed E-state index contributed by atoms with van der Waals surface area (Å²) in [5.41, 5.74) is 2.27. The van der Waals surface area contributed by atoms with Gasteiger partial charge in [-0.15, -0.1) is 0 Å². The Hall–Kier alpha value is -1.52. The first kappa shape index (κ1) is 23.8. The van der Waals surface area contributed by atoms with Gasteiger partial charge in [-0.2, -0.15) is 0 Å². The maximum absolute atomic E-state index is 12.8. The van der Waals surface area contributed by atoms with E-state index in [0.29, 0.717) is 12.3 Å². The van der Waals surface area contributed by atoms with E-state index in [0.717, 1.165) is 35.2 Å². The van der Waals surface area contributed by atoms with Gasteiger partial charge in [0.2, 0.25) is 5.91 Å². The summed E-state index contributed by atoms with van der Waals surface area (Å²) in [6, 6.07) is 6.13. The Balaban J connectivity index is 1.98. The van der Waals surface area contributed by atoms with E-state index in [-0.39, 0.29) is 17.9 Å². The van der Waals surface area contributed by atoms with Crippen LogP contribution in [0.15, 0.2) is 24.4 Å². The van der Waals surface area contributed by atoms with Crippen molar-refractivity contribution in [1.82, 2.24) is 10.3 Å². The van der Waals surface area contributed by atoms with Crippen LogP contribution in [-0.4, -0.2) is 36.6 Å². The van der Waals surface area contributed by atoms with Crippen LogP contribution in [0.4, 0.5) is 0 Å². The van der Waals surface area contributed by atoms with Crippen LogP contribution in [0.1, 0.15) is 71.8 Å². The largest absolute Gasteiger partial charge is 0.361 e. The fourth-order valence-electron chi connectivity index (χ4n) is 4.23. The molecular weight excluding hydrogens is 382 g/mol. The van der Waals surface area contributed by atoms with Crippen molar-refractivity contribution in [2.24, 2.45) is 5.92 Å². The molecule has 1 aromatic heterocycles. The van der Waals surface area contributed by atoms with E-state index >= 15 is 0 Å². The Labute approximate surface area is 181 Å². The molecule has 2 rings (SSSR count). The van der Waals surface area contributed by atoms with Gasteiger partial charge in [0.05, 0.1) is 19.6 Å². The molecule has 29 heavy (non-hydrogen) atoms. The van der Waals surface area contributed by atoms with Gasteiger partial charge < -0.3 is 15.2 Å². The van der Waals surface area contributed by atoms with E-state index in [1.807, 2.05) is 18.2 Å². The number of fused-ring (bicyclic) bond motifs is 1. The molecule has 1 amide bonds. The molecule has 0 fully saturated rings. The first-order valence-electron chi connectivity index (χ1n) is 11.2. The summed E-state index contributed by atoms with van der Waals surface area (Å²) in [5, 5.41) is 5.09. The normalized spacial score (nSPS) is 13.9. The monoisotopic (exact) mass is 420 g/mol. The number of carbonyl (C=O) groups excluding carboxylic acids is 1. The summed E-state index contributed by atoms with van der Waals surface area (Å²) >= 11 is 6.23. The number of benzene rings is 1. The highest BCUT2D eigenvalue weighted by Crippen LogP contribution is 2.34. The first-order chi connectivity index (χ1) is 13.8. The lowest BCUT2D eigenvalue weighted by atomic mass is 9.87. The molecule has 0 radical (unpaired) electrons. The highest BCUT2D eigenvalue weighted by molar-refractivity contribution is 6.31. The number of rotatable bonds is 12. The first-order valence-corrected chi connectivity index (χ1v) is 11.6. The zero-order valence-corrected chi connectivity index (χ0v) is 19.5. The van der Waals surface area contributed by atoms with Gasteiger partial charge in [0.25, 0.3) is 0 Å². The van der Waals surface area contributed by atoms with Crippen molar-refractivity contribution in [1.29, 1.82) is 0 Å². The predicted molar refractivity (Wildman–Crippen MR) is 124 cm³/mol. The minimum absolute atomic E-state index is 0.148. The molecule has 1 heterocycles. The van der Waals surface area contributed by atoms with Gasteiger partial charge in [-0.3, -0.25) is 4.79 Å². The molecule has 2 aromatic rings. The van der Waals surface area contributed by atoms with Crippen LogP contribution in [0.2, 0.25) is 5.02 Å². The number of halogens is 1. The van der Waals surface area contributed by atoms with Crippen LogP contribution in [0.5, 0.6) is 0 Å². The molecule has 2 atom stereocenters. The molecule has 0 aliphatic rings. The fourth-order valence-corrected chi connectivity index (χ4v) is 4.41. The zero-order valence-electron chi connectivity index (χ0n) is 18.8. The van der Waals surface area contributed by atoms with Crippen LogP contribution in [0, 0.1) is 5.92 Å². The van der Waals surface area contributed by atoms with E-state index in [4.69, 9.17) is 11.6 Å². The molecule has 5 heteroatoms. The fraction of sp³-hybridized carbons (Fsp3) is 0.625. The van der Waals surface area contributed by atoms with E-state index in [1.54, 1.807) is 4.90 Å². The van der Waals surface area contributed by atoms with Crippen molar-refractivity contribution in [3.63, 3.8) is 0 Å². The van der Waals surface area contributed by atoms with Crippen molar-refractivity contribution in [2.45, 2.75) is 72.3 Å². The second kappa shape index (κ2) is 11.6. The molecule has 3 N–H and O–H groups in total. The summed E-state index contributed by atoms with van der Waals surface area (Å²) in [4.78, 5) is 17.8. The predicted octanol–water partition coefficient (Wildman–Crippen LogP) is 4.55. The lowest BCUT2D eigenvalue weighted by molar-refractivity contribution is -0.896. The van der Waals surface area contributed by atoms with Gasteiger partial charge in [-0.25, -0.2) is 0 Å². The maximum atomic E-state index is 12.8. The van der Waals surface area contributed by atoms with Crippen LogP contribution >= 0.6 is 11.6 Å². The average molecular weight is 421 g/mol. The van der Waals surface area contributed by atoms with Crippen LogP contribution < -0.4 is 10.2 Å². The van der Waals surface area contributed by atoms with E-state index in [9.17, 15) is 4.79 Å². The number of aromatic amines is 1. The second-order valence-electron chi connectivity index (χ2n) is 8.78. The number of carbonyl (C=O) groups is 1. The minimum Gasteiger partial charge on any atom is -0.361 e. The van der Waals surface area contributed by atoms with Gasteiger partial charge >= 0.3 is 0 Å². The quantitative estimate of drug-likeness (QED) is 0.463. The van der Waals surface area contributed by atoms with Gasteiger partial charge in [-0.1, -0.05) is 25.4 Å². The van der Waals surface area contributed by atoms with Crippen molar-refractivity contribution in [3.8, 4) is 0 Å². The highest BCUT2D eigenvalue weighted by atomic mass is 35.5. The van der Waals surface area contributed by atoms with Gasteiger partial charge in [0.15, 0.2) is 0 Å². The molecule has 0 aliphatic heterocycles. The van der Waals surface area contributed by atoms with E-state index in [1.165, 1.54) is 25.2 Å². The molecule has 0 bridgehead atoms. The molecule has 0 spiro atoms. The minimum atomic E-state index is 0.148. The standard InChI is InChI=1S/C24H38ClN3O/c1-6-28(7-2)12-8-9-18(5)27-24(29)14-19(13-17(3)4)22-16-26-23-11-10-20(25)15-21(22)23/h10-11,15-19,26H,6-9,12-14H2,1-5H3,(H,27,29)/p+1/t18-,19+/m0/s1. The zero-order chi connectivity index (χ0) is 21.4. The lowest BCUT2D eigenvalue weighted by Gasteiger charge is -2.21. The van der Waals surface area contributed by atoms with Crippen LogP contribution in [0.25, 0.3) is 10.9 Å². The summed E-state index contributed by atoms with van der Waals surface area (Å²) in [6.07, 6.45) is 5.73. The Morgan fingerprint density at radius 1 is 1.21 bits per heavy atom. The van der Waals surface area contributed by atoms with Gasteiger partial charge in [0, 0.05) is 34.6 Å². The second-order valence-corrected chi connectivity index (χ2v) is 9.22. The SMILES string of the molecule is CC[NH+](CC)CCC[C@H](C)NC(=O)C[C@@H](CC(C)C)c1c[nH]c2ccc(Cl)cc12. The molecule has 0 saturated carbocycles. The lowest BCUT2D eigenvalue weighted by Crippen LogP contribution is -3.11. The van der Waals surface area contributed by atoms with Crippen molar-refractivity contribution >= 4 is 28.4 Å². The third-order valence-corrected chi connectivity index (χ3v) is 6.11. The number of amides is 1. The number of nitrogens with one attached hydrogen (secondary N) is 3. The van der Waals surface area contributed by atoms with Crippen molar-refractivity contribution < 1.29 is 9.69 Å².